The molecule has 0 saturated carbocycles. The minimum Gasteiger partial charge on any atom is -0.491 e. The number of benzene rings is 4. The molecule has 7 heteroatoms. The van der Waals surface area contributed by atoms with Crippen LogP contribution in [0.25, 0.3) is 22.3 Å². The predicted octanol–water partition coefficient (Wildman–Crippen LogP) is 7.86. The first kappa shape index (κ1) is 27.0. The third kappa shape index (κ3) is 7.33. The number of pyridine rings is 1. The van der Waals surface area contributed by atoms with Crippen LogP contribution in [0.4, 0.5) is 0 Å². The van der Waals surface area contributed by atoms with Gasteiger partial charge in [-0.15, -0.1) is 0 Å². The molecule has 0 radical (unpaired) electrons. The molecule has 7 nitrogen and oxygen atoms in total. The molecule has 5 aromatic rings. The van der Waals surface area contributed by atoms with Gasteiger partial charge in [0.25, 0.3) is 0 Å². The van der Waals surface area contributed by atoms with Crippen LogP contribution in [0, 0.1) is 6.92 Å². The summed E-state index contributed by atoms with van der Waals surface area (Å²) in [6.45, 7) is 4.76. The Morgan fingerprint density at radius 1 is 0.535 bits per heavy atom. The molecule has 2 aliphatic heterocycles. The average molecular weight is 574 g/mol. The van der Waals surface area contributed by atoms with Crippen LogP contribution >= 0.6 is 0 Å². The average Bonchev–Trinajstić information content (AvgIpc) is 3.96. The molecule has 0 spiro atoms. The van der Waals surface area contributed by atoms with E-state index in [1.54, 1.807) is 0 Å². The Kier molecular flexibility index (Phi) is 7.65. The smallest absolute Gasteiger partial charge is 0.222 e. The quantitative estimate of drug-likeness (QED) is 0.141. The minimum atomic E-state index is 0.243. The molecule has 2 aliphatic rings. The van der Waals surface area contributed by atoms with E-state index in [0.29, 0.717) is 36.5 Å². The summed E-state index contributed by atoms with van der Waals surface area (Å²) in [5.74, 6) is 4.01. The van der Waals surface area contributed by atoms with E-state index in [9.17, 15) is 0 Å². The van der Waals surface area contributed by atoms with Gasteiger partial charge in [0.2, 0.25) is 11.8 Å². The molecule has 0 N–H and O–H groups in total. The maximum absolute atomic E-state index is 6.09. The van der Waals surface area contributed by atoms with E-state index >= 15 is 0 Å². The van der Waals surface area contributed by atoms with E-state index < -0.39 is 0 Å². The van der Waals surface area contributed by atoms with E-state index in [1.807, 2.05) is 91.9 Å². The van der Waals surface area contributed by atoms with Crippen LogP contribution in [0.3, 0.4) is 0 Å². The molecule has 2 atom stereocenters. The molecule has 0 amide bonds. The highest BCUT2D eigenvalue weighted by Gasteiger charge is 2.23. The molecule has 1 aromatic heterocycles. The van der Waals surface area contributed by atoms with E-state index in [2.05, 4.69) is 29.2 Å². The number of aryl methyl sites for hydroxylation is 1. The number of epoxide rings is 2. The molecule has 43 heavy (non-hydrogen) atoms. The second-order valence-electron chi connectivity index (χ2n) is 10.7. The Balaban J connectivity index is 0.964. The lowest BCUT2D eigenvalue weighted by atomic mass is 10.1. The summed E-state index contributed by atoms with van der Waals surface area (Å²) >= 11 is 0. The molecular weight excluding hydrogens is 542 g/mol. The number of hydrogen-bond acceptors (Lipinski definition) is 7. The Hall–Kier alpha value is -4.85. The Bertz CT molecular complexity index is 1540. The number of aromatic nitrogens is 1. The highest BCUT2D eigenvalue weighted by molar-refractivity contribution is 5.66. The van der Waals surface area contributed by atoms with Crippen molar-refractivity contribution in [2.24, 2.45) is 0 Å². The summed E-state index contributed by atoms with van der Waals surface area (Å²) < 4.78 is 34.0. The third-order valence-corrected chi connectivity index (χ3v) is 7.13. The Morgan fingerprint density at radius 2 is 0.860 bits per heavy atom. The Labute approximate surface area is 250 Å². The van der Waals surface area contributed by atoms with E-state index in [-0.39, 0.29) is 12.2 Å². The first-order chi connectivity index (χ1) is 21.1. The van der Waals surface area contributed by atoms with Crippen LogP contribution in [0.15, 0.2) is 109 Å². The van der Waals surface area contributed by atoms with Gasteiger partial charge < -0.3 is 28.4 Å². The van der Waals surface area contributed by atoms with Crippen molar-refractivity contribution in [2.45, 2.75) is 19.1 Å². The van der Waals surface area contributed by atoms with E-state index in [4.69, 9.17) is 28.4 Å². The predicted molar refractivity (Wildman–Crippen MR) is 163 cm³/mol. The number of nitrogens with zero attached hydrogens (tertiary/aromatic N) is 1. The van der Waals surface area contributed by atoms with Gasteiger partial charge in [-0.05, 0) is 83.3 Å². The second kappa shape index (κ2) is 12.2. The summed E-state index contributed by atoms with van der Waals surface area (Å²) in [7, 11) is 0. The molecule has 2 fully saturated rings. The summed E-state index contributed by atoms with van der Waals surface area (Å²) in [6, 6.07) is 35.8. The minimum absolute atomic E-state index is 0.243. The van der Waals surface area contributed by atoms with Crippen LogP contribution < -0.4 is 18.9 Å². The zero-order valence-corrected chi connectivity index (χ0v) is 23.8. The number of ether oxygens (including phenoxy) is 6. The van der Waals surface area contributed by atoms with Crippen LogP contribution in [-0.4, -0.2) is 43.6 Å². The third-order valence-electron chi connectivity index (χ3n) is 7.13. The van der Waals surface area contributed by atoms with Crippen LogP contribution in [0.2, 0.25) is 0 Å². The highest BCUT2D eigenvalue weighted by Crippen LogP contribution is 2.31. The van der Waals surface area contributed by atoms with Crippen LogP contribution in [-0.2, 0) is 9.47 Å². The summed E-state index contributed by atoms with van der Waals surface area (Å²) in [5.41, 5.74) is 5.35. The summed E-state index contributed by atoms with van der Waals surface area (Å²) in [6.07, 6.45) is 0.486. The maximum Gasteiger partial charge on any atom is 0.222 e. The van der Waals surface area contributed by atoms with Crippen LogP contribution in [0.1, 0.15) is 5.56 Å². The Morgan fingerprint density at radius 3 is 1.19 bits per heavy atom. The molecule has 4 aromatic carbocycles. The zero-order chi connectivity index (χ0) is 29.0. The monoisotopic (exact) mass is 573 g/mol. The number of rotatable bonds is 12. The van der Waals surface area contributed by atoms with Crippen molar-refractivity contribution in [3.8, 4) is 57.0 Å². The fourth-order valence-electron chi connectivity index (χ4n) is 4.58. The molecule has 2 unspecified atom stereocenters. The largest absolute Gasteiger partial charge is 0.491 e. The molecule has 2 saturated heterocycles. The van der Waals surface area contributed by atoms with Gasteiger partial charge in [-0.1, -0.05) is 48.5 Å². The maximum atomic E-state index is 6.09. The molecule has 0 bridgehead atoms. The molecule has 216 valence electrons. The van der Waals surface area contributed by atoms with Crippen molar-refractivity contribution in [1.29, 1.82) is 0 Å². The van der Waals surface area contributed by atoms with Crippen molar-refractivity contribution in [1.82, 2.24) is 4.98 Å². The van der Waals surface area contributed by atoms with E-state index in [1.165, 1.54) is 0 Å². The molecular formula is C36H31NO6. The lowest BCUT2D eigenvalue weighted by Crippen LogP contribution is -2.03. The highest BCUT2D eigenvalue weighted by atomic mass is 16.6. The van der Waals surface area contributed by atoms with Gasteiger partial charge in [0.05, 0.1) is 13.2 Å². The normalized spacial score (nSPS) is 16.8. The van der Waals surface area contributed by atoms with Crippen LogP contribution in [0.5, 0.6) is 34.8 Å². The van der Waals surface area contributed by atoms with Gasteiger partial charge in [-0.25, -0.2) is 0 Å². The lowest BCUT2D eigenvalue weighted by molar-refractivity contribution is 0.263. The van der Waals surface area contributed by atoms with Crippen molar-refractivity contribution in [2.75, 3.05) is 26.4 Å². The van der Waals surface area contributed by atoms with Crippen molar-refractivity contribution in [3.05, 3.63) is 115 Å². The molecule has 7 rings (SSSR count). The number of hydrogen-bond donors (Lipinski definition) is 0. The molecule has 3 heterocycles. The lowest BCUT2D eigenvalue weighted by Gasteiger charge is -2.11. The van der Waals surface area contributed by atoms with Crippen molar-refractivity contribution in [3.63, 3.8) is 0 Å². The zero-order valence-electron chi connectivity index (χ0n) is 23.8. The fourth-order valence-corrected chi connectivity index (χ4v) is 4.58. The van der Waals surface area contributed by atoms with Crippen molar-refractivity contribution >= 4 is 0 Å². The first-order valence-electron chi connectivity index (χ1n) is 14.4. The molecule has 0 aliphatic carbocycles. The van der Waals surface area contributed by atoms with Crippen molar-refractivity contribution < 1.29 is 28.4 Å². The fraction of sp³-hybridized carbons (Fsp3) is 0.194. The standard InChI is InChI=1S/C36H31NO6/c1-24-18-35(42-31-14-6-27(7-15-31)25-2-10-29(11-3-25)38-20-33-22-40-33)37-36(19-24)43-32-16-8-28(9-17-32)26-4-12-30(13-5-26)39-21-34-23-41-34/h2-19,33-34H,20-23H2,1H3. The SMILES string of the molecule is Cc1cc(Oc2ccc(-c3ccc(OCC4CO4)cc3)cc2)nc(Oc2ccc(-c3ccc(OCC4CO4)cc3)cc2)c1. The van der Waals surface area contributed by atoms with E-state index in [0.717, 1.165) is 52.5 Å². The second-order valence-corrected chi connectivity index (χ2v) is 10.7. The van der Waals surface area contributed by atoms with Gasteiger partial charge >= 0.3 is 0 Å². The van der Waals surface area contributed by atoms with Gasteiger partial charge in [-0.2, -0.15) is 4.98 Å². The first-order valence-corrected chi connectivity index (χ1v) is 14.4. The summed E-state index contributed by atoms with van der Waals surface area (Å²) in [5, 5.41) is 0. The van der Waals surface area contributed by atoms with Gasteiger partial charge in [0.1, 0.15) is 48.4 Å². The van der Waals surface area contributed by atoms with Gasteiger partial charge in [-0.3, -0.25) is 0 Å². The van der Waals surface area contributed by atoms with Gasteiger partial charge in [0.15, 0.2) is 0 Å². The topological polar surface area (TPSA) is 74.9 Å². The summed E-state index contributed by atoms with van der Waals surface area (Å²) in [4.78, 5) is 4.58. The van der Waals surface area contributed by atoms with Gasteiger partial charge in [0, 0.05) is 12.1 Å².